The summed E-state index contributed by atoms with van der Waals surface area (Å²) in [4.78, 5) is 0. The summed E-state index contributed by atoms with van der Waals surface area (Å²) < 4.78 is 68.9. The number of halogens is 4. The van der Waals surface area contributed by atoms with E-state index in [2.05, 4.69) is 14.6 Å². The Morgan fingerprint density at radius 2 is 2.08 bits per heavy atom. The molecule has 7 nitrogen and oxygen atoms in total. The van der Waals surface area contributed by atoms with Gasteiger partial charge in [0.25, 0.3) is 0 Å². The molecule has 0 saturated carbocycles. The Kier molecular flexibility index (Phi) is 5.15. The maximum absolute atomic E-state index is 14.2. The molecule has 0 aliphatic rings. The molecule has 1 heterocycles. The maximum atomic E-state index is 14.2. The van der Waals surface area contributed by atoms with Crippen molar-refractivity contribution in [3.63, 3.8) is 0 Å². The largest absolute Gasteiger partial charge is 0.430 e. The average molecular weight is 395 g/mol. The molecule has 0 bridgehead atoms. The highest BCUT2D eigenvalue weighted by atomic mass is 35.5. The molecule has 0 aliphatic carbocycles. The molecule has 12 heteroatoms. The maximum Gasteiger partial charge on any atom is 0.387 e. The first-order valence-corrected chi connectivity index (χ1v) is 8.72. The summed E-state index contributed by atoms with van der Waals surface area (Å²) in [5.74, 6) is -1.46. The van der Waals surface area contributed by atoms with E-state index in [0.717, 1.165) is 23.1 Å². The predicted octanol–water partition coefficient (Wildman–Crippen LogP) is 2.82. The number of nitrogens with zero attached hydrogens (tertiary/aromatic N) is 3. The first kappa shape index (κ1) is 18.9. The van der Waals surface area contributed by atoms with E-state index >= 15 is 0 Å². The zero-order valence-electron chi connectivity index (χ0n) is 12.7. The number of alkyl halides is 2. The van der Waals surface area contributed by atoms with Gasteiger partial charge in [-0.3, -0.25) is 4.72 Å². The van der Waals surface area contributed by atoms with Gasteiger partial charge in [-0.05, 0) is 19.1 Å². The van der Waals surface area contributed by atoms with Crippen LogP contribution in [0.5, 0.6) is 5.75 Å². The van der Waals surface area contributed by atoms with E-state index in [-0.39, 0.29) is 22.1 Å². The summed E-state index contributed by atoms with van der Waals surface area (Å²) in [7, 11) is -3.72. The minimum atomic E-state index is -3.72. The van der Waals surface area contributed by atoms with E-state index in [0.29, 0.717) is 0 Å². The number of nitrogens with one attached hydrogen (secondary N) is 1. The van der Waals surface area contributed by atoms with Crippen LogP contribution in [0, 0.1) is 24.1 Å². The Hall–Kier alpha value is -2.45. The van der Waals surface area contributed by atoms with Crippen LogP contribution in [0.2, 0.25) is 5.02 Å². The van der Waals surface area contributed by atoms with Crippen LogP contribution >= 0.6 is 11.6 Å². The van der Waals surface area contributed by atoms with Gasteiger partial charge in [-0.2, -0.15) is 19.1 Å². The molecule has 0 unspecified atom stereocenters. The van der Waals surface area contributed by atoms with Gasteiger partial charge in [0.05, 0.1) is 17.0 Å². The normalized spacial score (nSPS) is 11.4. The quantitative estimate of drug-likeness (QED) is 0.841. The fourth-order valence-corrected chi connectivity index (χ4v) is 2.82. The first-order valence-electron chi connectivity index (χ1n) is 6.45. The molecular weight excluding hydrogens is 385 g/mol. The minimum absolute atomic E-state index is 0.0798. The van der Waals surface area contributed by atoms with Crippen molar-refractivity contribution in [2.24, 2.45) is 0 Å². The molecule has 0 radical (unpaired) electrons. The number of aromatic nitrogens is 2. The van der Waals surface area contributed by atoms with Crippen LogP contribution in [0.1, 0.15) is 11.4 Å². The molecular formula is C13H10ClF3N4O3S. The molecule has 0 fully saturated rings. The average Bonchev–Trinajstić information content (AvgIpc) is 2.76. The molecule has 25 heavy (non-hydrogen) atoms. The van der Waals surface area contributed by atoms with Gasteiger partial charge in [-0.15, -0.1) is 0 Å². The molecule has 0 amide bonds. The zero-order chi connectivity index (χ0) is 18.9. The van der Waals surface area contributed by atoms with Crippen LogP contribution in [0.4, 0.5) is 18.9 Å². The Labute approximate surface area is 145 Å². The van der Waals surface area contributed by atoms with Crippen LogP contribution in [0.15, 0.2) is 12.1 Å². The number of hydrogen-bond donors (Lipinski definition) is 1. The van der Waals surface area contributed by atoms with E-state index in [9.17, 15) is 26.9 Å². The van der Waals surface area contributed by atoms with Crippen molar-refractivity contribution < 1.29 is 26.3 Å². The van der Waals surface area contributed by atoms with Gasteiger partial charge in [0.15, 0.2) is 17.3 Å². The number of hydrogen-bond acceptors (Lipinski definition) is 5. The molecule has 134 valence electrons. The van der Waals surface area contributed by atoms with E-state index < -0.39 is 33.9 Å². The molecule has 1 aromatic carbocycles. The van der Waals surface area contributed by atoms with Crippen LogP contribution in [-0.2, 0) is 10.0 Å². The second kappa shape index (κ2) is 6.81. The number of benzene rings is 1. The molecule has 0 spiro atoms. The second-order valence-corrected chi connectivity index (χ2v) is 6.98. The zero-order valence-corrected chi connectivity index (χ0v) is 14.3. The van der Waals surface area contributed by atoms with Gasteiger partial charge in [0.1, 0.15) is 17.5 Å². The highest BCUT2D eigenvalue weighted by Crippen LogP contribution is 2.32. The molecule has 0 aliphatic heterocycles. The van der Waals surface area contributed by atoms with Crippen LogP contribution < -0.4 is 9.46 Å². The molecule has 2 aromatic rings. The Bertz CT molecular complexity index is 970. The van der Waals surface area contributed by atoms with E-state index in [1.807, 2.05) is 0 Å². The lowest BCUT2D eigenvalue weighted by molar-refractivity contribution is -0.0505. The topological polar surface area (TPSA) is 97.0 Å². The summed E-state index contributed by atoms with van der Waals surface area (Å²) in [6, 6.07) is 3.39. The first-order chi connectivity index (χ1) is 11.5. The lowest BCUT2D eigenvalue weighted by Gasteiger charge is -2.11. The number of anilines is 1. The molecule has 0 atom stereocenters. The molecule has 1 aromatic heterocycles. The van der Waals surface area contributed by atoms with Crippen molar-refractivity contribution in [3.8, 4) is 17.5 Å². The Balaban J connectivity index is 2.67. The molecule has 0 saturated heterocycles. The fourth-order valence-electron chi connectivity index (χ4n) is 1.99. The van der Waals surface area contributed by atoms with Gasteiger partial charge >= 0.3 is 6.61 Å². The van der Waals surface area contributed by atoms with Gasteiger partial charge in [0.2, 0.25) is 10.0 Å². The highest BCUT2D eigenvalue weighted by molar-refractivity contribution is 7.92. The van der Waals surface area contributed by atoms with E-state index in [1.165, 1.54) is 6.92 Å². The lowest BCUT2D eigenvalue weighted by atomic mass is 10.2. The summed E-state index contributed by atoms with van der Waals surface area (Å²) in [5.41, 5.74) is -1.11. The lowest BCUT2D eigenvalue weighted by Crippen LogP contribution is -2.12. The number of aryl methyl sites for hydroxylation is 1. The highest BCUT2D eigenvalue weighted by Gasteiger charge is 2.23. The summed E-state index contributed by atoms with van der Waals surface area (Å²) in [6.45, 7) is -1.92. The third-order valence-corrected chi connectivity index (χ3v) is 3.78. The van der Waals surface area contributed by atoms with Crippen molar-refractivity contribution >= 4 is 27.3 Å². The standard InChI is InChI=1S/C13H10ClF3N4O3S/c1-6-12(24-13(16)17)11(5-18)21(19-6)10-4-9(20-25(2,22)23)7(14)3-8(10)15/h3-4,13,20H,1-2H3. The van der Waals surface area contributed by atoms with Crippen molar-refractivity contribution in [3.05, 3.63) is 34.4 Å². The fraction of sp³-hybridized carbons (Fsp3) is 0.231. The van der Waals surface area contributed by atoms with Crippen molar-refractivity contribution in [1.82, 2.24) is 9.78 Å². The van der Waals surface area contributed by atoms with E-state index in [4.69, 9.17) is 11.6 Å². The van der Waals surface area contributed by atoms with Gasteiger partial charge in [-0.25, -0.2) is 17.5 Å². The van der Waals surface area contributed by atoms with E-state index in [1.54, 1.807) is 6.07 Å². The van der Waals surface area contributed by atoms with Crippen LogP contribution in [0.25, 0.3) is 5.69 Å². The Morgan fingerprint density at radius 1 is 1.44 bits per heavy atom. The van der Waals surface area contributed by atoms with Gasteiger partial charge in [-0.1, -0.05) is 11.6 Å². The minimum Gasteiger partial charge on any atom is -0.430 e. The van der Waals surface area contributed by atoms with Crippen LogP contribution in [0.3, 0.4) is 0 Å². The number of sulfonamides is 1. The monoisotopic (exact) mass is 394 g/mol. The van der Waals surface area contributed by atoms with Gasteiger partial charge < -0.3 is 4.74 Å². The van der Waals surface area contributed by atoms with Crippen molar-refractivity contribution in [1.29, 1.82) is 5.26 Å². The van der Waals surface area contributed by atoms with Gasteiger partial charge in [0, 0.05) is 0 Å². The number of ether oxygens (including phenoxy) is 1. The number of nitriles is 1. The van der Waals surface area contributed by atoms with Crippen molar-refractivity contribution in [2.75, 3.05) is 11.0 Å². The van der Waals surface area contributed by atoms with Crippen molar-refractivity contribution in [2.45, 2.75) is 13.5 Å². The molecule has 2 rings (SSSR count). The Morgan fingerprint density at radius 3 is 2.60 bits per heavy atom. The summed E-state index contributed by atoms with van der Waals surface area (Å²) >= 11 is 5.79. The SMILES string of the molecule is Cc1nn(-c2cc(NS(C)(=O)=O)c(Cl)cc2F)c(C#N)c1OC(F)F. The third kappa shape index (κ3) is 4.15. The summed E-state index contributed by atoms with van der Waals surface area (Å²) in [6.07, 6.45) is 0.861. The smallest absolute Gasteiger partial charge is 0.387 e. The second-order valence-electron chi connectivity index (χ2n) is 4.82. The predicted molar refractivity (Wildman–Crippen MR) is 83.1 cm³/mol. The summed E-state index contributed by atoms with van der Waals surface area (Å²) in [5, 5.41) is 12.8. The van der Waals surface area contributed by atoms with Crippen LogP contribution in [-0.4, -0.2) is 31.1 Å². The number of rotatable bonds is 5. The molecule has 1 N–H and O–H groups in total. The third-order valence-electron chi connectivity index (χ3n) is 2.88.